The van der Waals surface area contributed by atoms with Crippen molar-refractivity contribution in [2.75, 3.05) is 0 Å². The van der Waals surface area contributed by atoms with E-state index in [0.29, 0.717) is 0 Å². The van der Waals surface area contributed by atoms with E-state index in [2.05, 4.69) is 0 Å². The van der Waals surface area contributed by atoms with Crippen LogP contribution in [-0.4, -0.2) is 0 Å². The van der Waals surface area contributed by atoms with E-state index in [0.717, 1.165) is 0 Å². The smallest absolute Gasteiger partial charge is 0.0236 e. The molecule has 0 unspecified atom stereocenters. The maximum atomic E-state index is 7.37. The van der Waals surface area contributed by atoms with Gasteiger partial charge in [0.2, 0.25) is 0 Å². The van der Waals surface area contributed by atoms with E-state index >= 15 is 0 Å². The Balaban J connectivity index is 5.54. The van der Waals surface area contributed by atoms with Crippen LogP contribution in [0.25, 0.3) is 0 Å². The van der Waals surface area contributed by atoms with Crippen molar-refractivity contribution >= 4 is 0 Å². The third-order valence-electron chi connectivity index (χ3n) is 1.50. The predicted molar refractivity (Wildman–Crippen MR) is 38.9 cm³/mol. The van der Waals surface area contributed by atoms with E-state index in [9.17, 15) is 0 Å². The Bertz CT molecular complexity index is 167. The van der Waals surface area contributed by atoms with Crippen LogP contribution in [0.4, 0.5) is 0 Å². The monoisotopic (exact) mass is 120 g/mol. The number of rotatable bonds is 0. The lowest BCUT2D eigenvalue weighted by molar-refractivity contribution is 0.157. The van der Waals surface area contributed by atoms with Gasteiger partial charge in [0.1, 0.15) is 0 Å². The topological polar surface area (TPSA) is 0 Å². The van der Waals surface area contributed by atoms with Gasteiger partial charge in [-0.05, 0) is 10.8 Å². The average molecular weight is 120 g/mol. The Kier molecular flexibility index (Phi) is 0.507. The molecule has 0 N–H and O–H groups in total. The first-order valence-corrected chi connectivity index (χ1v) is 2.75. The quantitative estimate of drug-likeness (QED) is 0.461. The summed E-state index contributed by atoms with van der Waals surface area (Å²) < 4.78 is 44.2. The van der Waals surface area contributed by atoms with Crippen LogP contribution in [0.5, 0.6) is 0 Å². The molecule has 0 heterocycles. The predicted octanol–water partition coefficient (Wildman–Crippen LogP) is 3.08. The fourth-order valence-electron chi connectivity index (χ4n) is 0. The molecule has 0 aliphatic rings. The van der Waals surface area contributed by atoms with Gasteiger partial charge in [0.25, 0.3) is 0 Å². The van der Waals surface area contributed by atoms with Gasteiger partial charge < -0.3 is 0 Å². The third kappa shape index (κ3) is 1.85. The van der Waals surface area contributed by atoms with Gasteiger partial charge in [-0.2, -0.15) is 0 Å². The van der Waals surface area contributed by atoms with Crippen LogP contribution in [0, 0.1) is 10.8 Å². The van der Waals surface area contributed by atoms with Crippen LogP contribution < -0.4 is 0 Å². The summed E-state index contributed by atoms with van der Waals surface area (Å²) in [6, 6.07) is 0. The SMILES string of the molecule is [2H]C([2H])([2H])C(C)(C([2H])([2H])[2H])C(C)(C)C. The number of hydrogen-bond donors (Lipinski definition) is 0. The average Bonchev–Trinajstić information content (AvgIpc) is 1.77. The Labute approximate surface area is 61.7 Å². The normalized spacial score (nSPS) is 28.5. The molecule has 0 heteroatoms. The zero-order valence-electron chi connectivity index (χ0n) is 12.0. The third-order valence-corrected chi connectivity index (χ3v) is 1.50. The lowest BCUT2D eigenvalue weighted by Crippen LogP contribution is -2.25. The molecular formula is C8H18. The summed E-state index contributed by atoms with van der Waals surface area (Å²) in [5.74, 6) is 0. The summed E-state index contributed by atoms with van der Waals surface area (Å²) in [4.78, 5) is 0. The summed E-state index contributed by atoms with van der Waals surface area (Å²) >= 11 is 0. The second kappa shape index (κ2) is 1.75. The molecule has 0 aromatic heterocycles. The highest BCUT2D eigenvalue weighted by atomic mass is 14.3. The highest BCUT2D eigenvalue weighted by Gasteiger charge is 2.26. The minimum Gasteiger partial charge on any atom is -0.0597 e. The fraction of sp³-hybridized carbons (Fsp3) is 1.00. The number of hydrogen-bond acceptors (Lipinski definition) is 0. The molecule has 0 spiro atoms. The van der Waals surface area contributed by atoms with Gasteiger partial charge in [-0.15, -0.1) is 0 Å². The molecule has 0 saturated carbocycles. The van der Waals surface area contributed by atoms with E-state index in [1.807, 2.05) is 0 Å². The van der Waals surface area contributed by atoms with Crippen LogP contribution in [0.1, 0.15) is 49.6 Å². The maximum Gasteiger partial charge on any atom is 0.0236 e. The summed E-state index contributed by atoms with van der Waals surface area (Å²) in [6.45, 7) is 1.27. The van der Waals surface area contributed by atoms with Crippen molar-refractivity contribution in [1.29, 1.82) is 0 Å². The van der Waals surface area contributed by atoms with Crippen molar-refractivity contribution in [3.05, 3.63) is 0 Å². The highest BCUT2D eigenvalue weighted by Crippen LogP contribution is 2.36. The lowest BCUT2D eigenvalue weighted by atomic mass is 9.71. The molecule has 8 heavy (non-hydrogen) atoms. The van der Waals surface area contributed by atoms with E-state index in [4.69, 9.17) is 8.22 Å². The summed E-state index contributed by atoms with van der Waals surface area (Å²) in [5, 5.41) is 0. The van der Waals surface area contributed by atoms with Crippen LogP contribution in [0.2, 0.25) is 0 Å². The van der Waals surface area contributed by atoms with Crippen molar-refractivity contribution < 1.29 is 8.22 Å². The second-order valence-electron chi connectivity index (χ2n) is 3.38. The molecule has 0 aromatic rings. The molecule has 0 amide bonds. The van der Waals surface area contributed by atoms with E-state index in [1.54, 1.807) is 20.8 Å². The van der Waals surface area contributed by atoms with Gasteiger partial charge in [0.15, 0.2) is 0 Å². The molecule has 0 aromatic carbocycles. The van der Waals surface area contributed by atoms with Gasteiger partial charge in [-0.3, -0.25) is 0 Å². The molecule has 0 aliphatic heterocycles. The summed E-state index contributed by atoms with van der Waals surface area (Å²) in [7, 11) is 0. The zero-order valence-corrected chi connectivity index (χ0v) is 6.00. The maximum absolute atomic E-state index is 7.37. The standard InChI is InChI=1S/C8H18/c1-7(2,3)8(4,5)6/h1-6H3/i1D3,2D3. The van der Waals surface area contributed by atoms with Crippen molar-refractivity contribution in [2.24, 2.45) is 10.8 Å². The first-order valence-electron chi connectivity index (χ1n) is 5.75. The molecule has 0 saturated heterocycles. The largest absolute Gasteiger partial charge is 0.0597 e. The van der Waals surface area contributed by atoms with Crippen LogP contribution in [-0.2, 0) is 0 Å². The van der Waals surface area contributed by atoms with Gasteiger partial charge in [-0.1, -0.05) is 41.4 Å². The Hall–Kier alpha value is 0. The molecule has 0 bridgehead atoms. The van der Waals surface area contributed by atoms with Crippen molar-refractivity contribution in [3.8, 4) is 0 Å². The Morgan fingerprint density at radius 1 is 0.875 bits per heavy atom. The van der Waals surface area contributed by atoms with E-state index in [-0.39, 0.29) is 0 Å². The summed E-state index contributed by atoms with van der Waals surface area (Å²) in [5.41, 5.74) is -2.49. The lowest BCUT2D eigenvalue weighted by Gasteiger charge is -2.34. The molecule has 0 radical (unpaired) electrons. The van der Waals surface area contributed by atoms with Crippen LogP contribution in [0.15, 0.2) is 0 Å². The van der Waals surface area contributed by atoms with Gasteiger partial charge in [-0.25, -0.2) is 0 Å². The van der Waals surface area contributed by atoms with Gasteiger partial charge in [0, 0.05) is 8.22 Å². The molecular weight excluding hydrogens is 96.1 g/mol. The molecule has 0 nitrogen and oxygen atoms in total. The second-order valence-corrected chi connectivity index (χ2v) is 3.38. The minimum absolute atomic E-state index is 0.802. The first-order chi connectivity index (χ1) is 5.75. The van der Waals surface area contributed by atoms with Crippen molar-refractivity contribution in [2.45, 2.75) is 41.4 Å². The van der Waals surface area contributed by atoms with Gasteiger partial charge in [0.05, 0.1) is 0 Å². The molecule has 0 atom stereocenters. The van der Waals surface area contributed by atoms with Crippen LogP contribution >= 0.6 is 0 Å². The Morgan fingerprint density at radius 2 is 1.25 bits per heavy atom. The minimum atomic E-state index is -2.49. The van der Waals surface area contributed by atoms with Crippen molar-refractivity contribution in [1.82, 2.24) is 0 Å². The van der Waals surface area contributed by atoms with E-state index < -0.39 is 24.5 Å². The summed E-state index contributed by atoms with van der Waals surface area (Å²) in [6.07, 6.45) is 0. The first kappa shape index (κ1) is 2.32. The molecule has 0 rings (SSSR count). The highest BCUT2D eigenvalue weighted by molar-refractivity contribution is 4.76. The molecule has 0 aliphatic carbocycles. The van der Waals surface area contributed by atoms with Crippen molar-refractivity contribution in [3.63, 3.8) is 0 Å². The van der Waals surface area contributed by atoms with E-state index in [1.165, 1.54) is 6.92 Å². The van der Waals surface area contributed by atoms with Crippen LogP contribution in [0.3, 0.4) is 0 Å². The zero-order chi connectivity index (χ0) is 12.0. The Morgan fingerprint density at radius 3 is 1.25 bits per heavy atom. The van der Waals surface area contributed by atoms with Gasteiger partial charge >= 0.3 is 0 Å². The molecule has 0 fully saturated rings. The molecule has 50 valence electrons. The fourth-order valence-corrected chi connectivity index (χ4v) is 0.